The first kappa shape index (κ1) is 15.7. The van der Waals surface area contributed by atoms with Crippen LogP contribution < -0.4 is 0 Å². The Balaban J connectivity index is 1.94. The number of halogens is 1. The van der Waals surface area contributed by atoms with Gasteiger partial charge in [-0.25, -0.2) is 9.49 Å². The number of H-pyrrole nitrogens is 1. The summed E-state index contributed by atoms with van der Waals surface area (Å²) in [6.07, 6.45) is 1.48. The summed E-state index contributed by atoms with van der Waals surface area (Å²) < 4.78 is 15.0. The number of hydrogen-bond acceptors (Lipinski definition) is 5. The molecule has 0 unspecified atom stereocenters. The zero-order chi connectivity index (χ0) is 17.1. The molecule has 0 radical (unpaired) electrons. The second-order valence-corrected chi connectivity index (χ2v) is 5.15. The van der Waals surface area contributed by atoms with Crippen LogP contribution >= 0.6 is 12.2 Å². The largest absolute Gasteiger partial charge is 0.269 e. The summed E-state index contributed by atoms with van der Waals surface area (Å²) >= 11 is 5.12. The molecular formula is C15H10FN5O2S. The van der Waals surface area contributed by atoms with Crippen LogP contribution in [0.4, 0.5) is 10.1 Å². The zero-order valence-corrected chi connectivity index (χ0v) is 12.9. The molecule has 24 heavy (non-hydrogen) atoms. The lowest BCUT2D eigenvalue weighted by Crippen LogP contribution is -1.95. The predicted octanol–water partition coefficient (Wildman–Crippen LogP) is 3.54. The quantitative estimate of drug-likeness (QED) is 0.340. The molecule has 0 aliphatic rings. The van der Waals surface area contributed by atoms with Gasteiger partial charge in [-0.3, -0.25) is 10.1 Å². The third-order valence-corrected chi connectivity index (χ3v) is 3.42. The van der Waals surface area contributed by atoms with E-state index in [0.717, 1.165) is 0 Å². The Kier molecular flexibility index (Phi) is 4.25. The van der Waals surface area contributed by atoms with Crippen LogP contribution in [0.25, 0.3) is 11.4 Å². The van der Waals surface area contributed by atoms with Gasteiger partial charge < -0.3 is 0 Å². The maximum Gasteiger partial charge on any atom is 0.269 e. The Morgan fingerprint density at radius 2 is 2.04 bits per heavy atom. The van der Waals surface area contributed by atoms with Crippen LogP contribution in [-0.2, 0) is 0 Å². The highest BCUT2D eigenvalue weighted by Gasteiger charge is 2.09. The van der Waals surface area contributed by atoms with Crippen molar-refractivity contribution in [1.29, 1.82) is 0 Å². The molecule has 2 aromatic carbocycles. The number of benzene rings is 2. The summed E-state index contributed by atoms with van der Waals surface area (Å²) in [6.45, 7) is 0. The molecule has 0 fully saturated rings. The number of nitrogens with one attached hydrogen (secondary N) is 1. The monoisotopic (exact) mass is 343 g/mol. The third-order valence-electron chi connectivity index (χ3n) is 3.16. The zero-order valence-electron chi connectivity index (χ0n) is 12.1. The van der Waals surface area contributed by atoms with E-state index in [1.165, 1.54) is 35.2 Å². The molecule has 3 aromatic rings. The second kappa shape index (κ2) is 6.50. The number of nitrogens with zero attached hydrogens (tertiary/aromatic N) is 4. The fourth-order valence-corrected chi connectivity index (χ4v) is 2.20. The van der Waals surface area contributed by atoms with Crippen LogP contribution in [-0.4, -0.2) is 26.0 Å². The Hall–Kier alpha value is -3.20. The van der Waals surface area contributed by atoms with Gasteiger partial charge in [0.15, 0.2) is 5.82 Å². The fourth-order valence-electron chi connectivity index (χ4n) is 2.02. The molecule has 1 heterocycles. The summed E-state index contributed by atoms with van der Waals surface area (Å²) in [5, 5.41) is 21.5. The van der Waals surface area contributed by atoms with Gasteiger partial charge >= 0.3 is 0 Å². The van der Waals surface area contributed by atoms with E-state index in [2.05, 4.69) is 15.3 Å². The van der Waals surface area contributed by atoms with E-state index in [0.29, 0.717) is 17.0 Å². The van der Waals surface area contributed by atoms with E-state index in [9.17, 15) is 14.5 Å². The van der Waals surface area contributed by atoms with Gasteiger partial charge in [0, 0.05) is 17.7 Å². The van der Waals surface area contributed by atoms with Gasteiger partial charge in [-0.1, -0.05) is 12.1 Å². The Labute approximate surface area is 140 Å². The normalized spacial score (nSPS) is 11.0. The first-order chi connectivity index (χ1) is 11.5. The van der Waals surface area contributed by atoms with Crippen LogP contribution in [0.1, 0.15) is 5.56 Å². The molecule has 1 N–H and O–H groups in total. The van der Waals surface area contributed by atoms with Crippen molar-refractivity contribution in [2.75, 3.05) is 0 Å². The number of nitro benzene ring substituents is 1. The molecule has 0 spiro atoms. The molecule has 7 nitrogen and oxygen atoms in total. The van der Waals surface area contributed by atoms with Crippen LogP contribution in [0.2, 0.25) is 0 Å². The Bertz CT molecular complexity index is 978. The van der Waals surface area contributed by atoms with Crippen molar-refractivity contribution in [3.05, 3.63) is 74.8 Å². The average Bonchev–Trinajstić information content (AvgIpc) is 2.94. The highest BCUT2D eigenvalue weighted by atomic mass is 32.1. The highest BCUT2D eigenvalue weighted by Crippen LogP contribution is 2.18. The van der Waals surface area contributed by atoms with Crippen LogP contribution in [0.15, 0.2) is 53.6 Å². The molecule has 120 valence electrons. The Morgan fingerprint density at radius 3 is 2.71 bits per heavy atom. The highest BCUT2D eigenvalue weighted by molar-refractivity contribution is 7.71. The lowest BCUT2D eigenvalue weighted by molar-refractivity contribution is -0.384. The van der Waals surface area contributed by atoms with Gasteiger partial charge in [0.25, 0.3) is 5.69 Å². The molecule has 0 aliphatic carbocycles. The van der Waals surface area contributed by atoms with Gasteiger partial charge in [-0.05, 0) is 42.0 Å². The van der Waals surface area contributed by atoms with E-state index < -0.39 is 10.7 Å². The third kappa shape index (κ3) is 3.25. The van der Waals surface area contributed by atoms with Crippen molar-refractivity contribution in [3.8, 4) is 11.4 Å². The summed E-state index contributed by atoms with van der Waals surface area (Å²) in [6, 6.07) is 11.8. The number of hydrogen-bond donors (Lipinski definition) is 1. The van der Waals surface area contributed by atoms with Crippen LogP contribution in [0.5, 0.6) is 0 Å². The van der Waals surface area contributed by atoms with E-state index in [1.807, 2.05) is 0 Å². The number of aromatic amines is 1. The van der Waals surface area contributed by atoms with Gasteiger partial charge in [0.2, 0.25) is 4.77 Å². The van der Waals surface area contributed by atoms with Gasteiger partial charge in [-0.2, -0.15) is 14.9 Å². The second-order valence-electron chi connectivity index (χ2n) is 4.77. The minimum Gasteiger partial charge on any atom is -0.258 e. The van der Waals surface area contributed by atoms with Gasteiger partial charge in [-0.15, -0.1) is 0 Å². The number of aromatic nitrogens is 3. The number of rotatable bonds is 4. The molecule has 1 aromatic heterocycles. The smallest absolute Gasteiger partial charge is 0.258 e. The molecular weight excluding hydrogens is 333 g/mol. The van der Waals surface area contributed by atoms with E-state index in [1.54, 1.807) is 24.3 Å². The van der Waals surface area contributed by atoms with Crippen molar-refractivity contribution >= 4 is 24.1 Å². The van der Waals surface area contributed by atoms with Crippen molar-refractivity contribution in [1.82, 2.24) is 14.9 Å². The summed E-state index contributed by atoms with van der Waals surface area (Å²) in [7, 11) is 0. The molecule has 0 aliphatic heterocycles. The molecule has 9 heteroatoms. The fraction of sp³-hybridized carbons (Fsp3) is 0. The molecule has 0 bridgehead atoms. The Morgan fingerprint density at radius 1 is 1.29 bits per heavy atom. The molecule has 0 saturated carbocycles. The first-order valence-electron chi connectivity index (χ1n) is 6.77. The lowest BCUT2D eigenvalue weighted by Gasteiger charge is -2.01. The van der Waals surface area contributed by atoms with Crippen molar-refractivity contribution in [3.63, 3.8) is 0 Å². The van der Waals surface area contributed by atoms with E-state index in [4.69, 9.17) is 12.2 Å². The maximum absolute atomic E-state index is 13.4. The predicted molar refractivity (Wildman–Crippen MR) is 88.9 cm³/mol. The van der Waals surface area contributed by atoms with E-state index >= 15 is 0 Å². The molecule has 0 saturated heterocycles. The van der Waals surface area contributed by atoms with Crippen molar-refractivity contribution < 1.29 is 9.31 Å². The lowest BCUT2D eigenvalue weighted by atomic mass is 10.2. The molecule has 0 atom stereocenters. The number of non-ortho nitro benzene ring substituents is 1. The van der Waals surface area contributed by atoms with E-state index in [-0.39, 0.29) is 10.5 Å². The minimum absolute atomic E-state index is 0.00692. The summed E-state index contributed by atoms with van der Waals surface area (Å²) in [4.78, 5) is 10.2. The van der Waals surface area contributed by atoms with Crippen molar-refractivity contribution in [2.45, 2.75) is 0 Å². The average molecular weight is 343 g/mol. The van der Waals surface area contributed by atoms with Crippen LogP contribution in [0, 0.1) is 20.7 Å². The maximum atomic E-state index is 13.4. The standard InChI is InChI=1S/C15H10FN5O2S/c16-12-3-1-2-11(8-12)14-18-19-15(24)20(14)17-9-10-4-6-13(7-5-10)21(22)23/h1-9H,(H,19,24)/b17-9-. The topological polar surface area (TPSA) is 89.1 Å². The van der Waals surface area contributed by atoms with Crippen LogP contribution in [0.3, 0.4) is 0 Å². The summed E-state index contributed by atoms with van der Waals surface area (Å²) in [5.41, 5.74) is 1.16. The SMILES string of the molecule is O=[N+]([O-])c1ccc(/C=N\n2c(-c3cccc(F)c3)n[nH]c2=S)cc1. The van der Waals surface area contributed by atoms with Gasteiger partial charge in [0.05, 0.1) is 11.1 Å². The van der Waals surface area contributed by atoms with Gasteiger partial charge in [0.1, 0.15) is 5.82 Å². The number of nitro groups is 1. The first-order valence-corrected chi connectivity index (χ1v) is 7.17. The summed E-state index contributed by atoms with van der Waals surface area (Å²) in [5.74, 6) is -0.0371. The molecule has 3 rings (SSSR count). The minimum atomic E-state index is -0.477. The van der Waals surface area contributed by atoms with Crippen molar-refractivity contribution in [2.24, 2.45) is 5.10 Å². The molecule has 0 amide bonds.